The number of amides is 1. The van der Waals surface area contributed by atoms with Crippen molar-refractivity contribution < 1.29 is 18.7 Å². The van der Waals surface area contributed by atoms with Gasteiger partial charge in [0.2, 0.25) is 11.8 Å². The molecule has 1 atom stereocenters. The van der Waals surface area contributed by atoms with Crippen LogP contribution in [0.1, 0.15) is 48.1 Å². The van der Waals surface area contributed by atoms with Gasteiger partial charge in [-0.1, -0.05) is 24.3 Å². The number of nitrogens with zero attached hydrogens (tertiary/aromatic N) is 2. The second-order valence-electron chi connectivity index (χ2n) is 7.82. The van der Waals surface area contributed by atoms with Crippen LogP contribution in [0.15, 0.2) is 59.1 Å². The van der Waals surface area contributed by atoms with Gasteiger partial charge in [0, 0.05) is 13.0 Å². The fourth-order valence-electron chi connectivity index (χ4n) is 4.09. The molecular formula is C25H28N2O4. The summed E-state index contributed by atoms with van der Waals surface area (Å²) in [5, 5.41) is 0. The number of benzene rings is 2. The summed E-state index contributed by atoms with van der Waals surface area (Å²) in [6.07, 6.45) is 5.66. The third-order valence-electron chi connectivity index (χ3n) is 5.68. The third-order valence-corrected chi connectivity index (χ3v) is 5.68. The highest BCUT2D eigenvalue weighted by molar-refractivity contribution is 5.79. The number of likely N-dealkylation sites (tertiary alicyclic amines) is 1. The average Bonchev–Trinajstić information content (AvgIpc) is 3.27. The maximum Gasteiger partial charge on any atom is 0.227 e. The highest BCUT2D eigenvalue weighted by atomic mass is 16.5. The molecule has 4 rings (SSSR count). The number of carbonyl (C=O) groups excluding carboxylic acids is 1. The lowest BCUT2D eigenvalue weighted by molar-refractivity contribution is -0.134. The SMILES string of the molecule is COc1cccc(CC(=O)N2CCCC[C@@H]2c2ncc(Cc3cccc(OC)c3)o2)c1. The average molecular weight is 421 g/mol. The highest BCUT2D eigenvalue weighted by Gasteiger charge is 2.31. The van der Waals surface area contributed by atoms with E-state index >= 15 is 0 Å². The van der Waals surface area contributed by atoms with Gasteiger partial charge in [-0.25, -0.2) is 4.98 Å². The van der Waals surface area contributed by atoms with E-state index in [0.29, 0.717) is 18.7 Å². The maximum atomic E-state index is 13.1. The molecule has 2 aromatic carbocycles. The van der Waals surface area contributed by atoms with E-state index in [1.807, 2.05) is 53.4 Å². The molecule has 0 unspecified atom stereocenters. The molecular weight excluding hydrogens is 392 g/mol. The van der Waals surface area contributed by atoms with Crippen molar-refractivity contribution in [2.24, 2.45) is 0 Å². The molecule has 1 aliphatic heterocycles. The van der Waals surface area contributed by atoms with Crippen LogP contribution in [0, 0.1) is 0 Å². The van der Waals surface area contributed by atoms with Crippen molar-refractivity contribution in [3.63, 3.8) is 0 Å². The Labute approximate surface area is 182 Å². The number of hydrogen-bond donors (Lipinski definition) is 0. The molecule has 6 nitrogen and oxygen atoms in total. The number of methoxy groups -OCH3 is 2. The van der Waals surface area contributed by atoms with Crippen LogP contribution in [0.3, 0.4) is 0 Å². The van der Waals surface area contributed by atoms with E-state index in [1.54, 1.807) is 20.4 Å². The Morgan fingerprint density at radius 1 is 1.06 bits per heavy atom. The zero-order valence-electron chi connectivity index (χ0n) is 18.0. The standard InChI is InChI=1S/C25H28N2O4/c1-29-20-9-5-7-18(13-20)15-22-17-26-25(31-22)23-11-3-4-12-27(23)24(28)16-19-8-6-10-21(14-19)30-2/h5-10,13-14,17,23H,3-4,11-12,15-16H2,1-2H3/t23-/m1/s1. The van der Waals surface area contributed by atoms with Gasteiger partial charge in [0.1, 0.15) is 23.3 Å². The predicted octanol–water partition coefficient (Wildman–Crippen LogP) is 4.58. The van der Waals surface area contributed by atoms with Crippen molar-refractivity contribution in [2.45, 2.75) is 38.1 Å². The van der Waals surface area contributed by atoms with Crippen LogP contribution in [-0.4, -0.2) is 36.6 Å². The van der Waals surface area contributed by atoms with Crippen molar-refractivity contribution >= 4 is 5.91 Å². The third kappa shape index (κ3) is 5.08. The van der Waals surface area contributed by atoms with Crippen molar-refractivity contribution in [2.75, 3.05) is 20.8 Å². The van der Waals surface area contributed by atoms with Gasteiger partial charge in [-0.3, -0.25) is 4.79 Å². The first-order valence-corrected chi connectivity index (χ1v) is 10.7. The Morgan fingerprint density at radius 3 is 2.52 bits per heavy atom. The molecule has 0 aliphatic carbocycles. The number of aromatic nitrogens is 1. The van der Waals surface area contributed by atoms with Crippen LogP contribution in [0.5, 0.6) is 11.5 Å². The van der Waals surface area contributed by atoms with E-state index in [1.165, 1.54) is 0 Å². The quantitative estimate of drug-likeness (QED) is 0.560. The lowest BCUT2D eigenvalue weighted by Crippen LogP contribution is -2.39. The maximum absolute atomic E-state index is 13.1. The van der Waals surface area contributed by atoms with Gasteiger partial charge in [-0.15, -0.1) is 0 Å². The lowest BCUT2D eigenvalue weighted by Gasteiger charge is -2.34. The van der Waals surface area contributed by atoms with Crippen LogP contribution in [0.25, 0.3) is 0 Å². The molecule has 1 fully saturated rings. The first-order valence-electron chi connectivity index (χ1n) is 10.7. The van der Waals surface area contributed by atoms with Crippen molar-refractivity contribution in [1.29, 1.82) is 0 Å². The van der Waals surface area contributed by atoms with Crippen LogP contribution >= 0.6 is 0 Å². The molecule has 1 saturated heterocycles. The molecule has 31 heavy (non-hydrogen) atoms. The van der Waals surface area contributed by atoms with E-state index in [0.717, 1.165) is 54.2 Å². The number of ether oxygens (including phenoxy) is 2. The molecule has 0 radical (unpaired) electrons. The Morgan fingerprint density at radius 2 is 1.77 bits per heavy atom. The molecule has 0 N–H and O–H groups in total. The predicted molar refractivity (Wildman–Crippen MR) is 117 cm³/mol. The minimum Gasteiger partial charge on any atom is -0.497 e. The van der Waals surface area contributed by atoms with Crippen molar-refractivity contribution in [1.82, 2.24) is 9.88 Å². The Kier molecular flexibility index (Phi) is 6.55. The van der Waals surface area contributed by atoms with E-state index in [4.69, 9.17) is 13.9 Å². The van der Waals surface area contributed by atoms with E-state index in [-0.39, 0.29) is 11.9 Å². The molecule has 3 aromatic rings. The number of hydrogen-bond acceptors (Lipinski definition) is 5. The minimum atomic E-state index is -0.120. The van der Waals surface area contributed by atoms with Gasteiger partial charge in [0.25, 0.3) is 0 Å². The van der Waals surface area contributed by atoms with Gasteiger partial charge < -0.3 is 18.8 Å². The number of rotatable bonds is 7. The molecule has 162 valence electrons. The summed E-state index contributed by atoms with van der Waals surface area (Å²) in [6, 6.07) is 15.5. The summed E-state index contributed by atoms with van der Waals surface area (Å²) in [5.41, 5.74) is 2.04. The normalized spacial score (nSPS) is 16.2. The van der Waals surface area contributed by atoms with E-state index < -0.39 is 0 Å². The number of piperidine rings is 1. The van der Waals surface area contributed by atoms with Crippen LogP contribution < -0.4 is 9.47 Å². The van der Waals surface area contributed by atoms with Gasteiger partial charge in [0.15, 0.2) is 0 Å². The van der Waals surface area contributed by atoms with E-state index in [9.17, 15) is 4.79 Å². The lowest BCUT2D eigenvalue weighted by atomic mass is 10.0. The minimum absolute atomic E-state index is 0.0884. The summed E-state index contributed by atoms with van der Waals surface area (Å²) in [7, 11) is 3.29. The Balaban J connectivity index is 1.47. The second kappa shape index (κ2) is 9.69. The molecule has 0 bridgehead atoms. The monoisotopic (exact) mass is 420 g/mol. The Hall–Kier alpha value is -3.28. The molecule has 0 saturated carbocycles. The molecule has 1 amide bonds. The fraction of sp³-hybridized carbons (Fsp3) is 0.360. The second-order valence-corrected chi connectivity index (χ2v) is 7.82. The van der Waals surface area contributed by atoms with E-state index in [2.05, 4.69) is 4.98 Å². The topological polar surface area (TPSA) is 64.8 Å². The summed E-state index contributed by atoms with van der Waals surface area (Å²) in [6.45, 7) is 0.723. The van der Waals surface area contributed by atoms with Gasteiger partial charge in [0.05, 0.1) is 26.8 Å². The van der Waals surface area contributed by atoms with Gasteiger partial charge >= 0.3 is 0 Å². The molecule has 6 heteroatoms. The van der Waals surface area contributed by atoms with Crippen LogP contribution in [0.4, 0.5) is 0 Å². The number of carbonyl (C=O) groups is 1. The summed E-state index contributed by atoms with van der Waals surface area (Å²) >= 11 is 0. The molecule has 1 aromatic heterocycles. The molecule has 1 aliphatic rings. The molecule has 0 spiro atoms. The summed E-state index contributed by atoms with van der Waals surface area (Å²) < 4.78 is 16.7. The van der Waals surface area contributed by atoms with Crippen LogP contribution in [-0.2, 0) is 17.6 Å². The summed E-state index contributed by atoms with van der Waals surface area (Å²) in [4.78, 5) is 19.6. The van der Waals surface area contributed by atoms with Crippen LogP contribution in [0.2, 0.25) is 0 Å². The van der Waals surface area contributed by atoms with Gasteiger partial charge in [-0.2, -0.15) is 0 Å². The van der Waals surface area contributed by atoms with Crippen molar-refractivity contribution in [3.8, 4) is 11.5 Å². The number of oxazole rings is 1. The first-order chi connectivity index (χ1) is 15.2. The zero-order valence-corrected chi connectivity index (χ0v) is 18.0. The summed E-state index contributed by atoms with van der Waals surface area (Å²) in [5.74, 6) is 3.07. The largest absolute Gasteiger partial charge is 0.497 e. The first kappa shape index (κ1) is 21.0. The zero-order chi connectivity index (χ0) is 21.6. The highest BCUT2D eigenvalue weighted by Crippen LogP contribution is 2.32. The molecule has 2 heterocycles. The Bertz CT molecular complexity index is 1030. The van der Waals surface area contributed by atoms with Gasteiger partial charge in [-0.05, 0) is 54.7 Å². The fourth-order valence-corrected chi connectivity index (χ4v) is 4.09. The van der Waals surface area contributed by atoms with Crippen molar-refractivity contribution in [3.05, 3.63) is 77.5 Å². The smallest absolute Gasteiger partial charge is 0.227 e.